The van der Waals surface area contributed by atoms with Crippen LogP contribution in [-0.4, -0.2) is 22.8 Å². The molecule has 1 unspecified atom stereocenters. The molecule has 1 saturated heterocycles. The minimum atomic E-state index is -0.217. The molecule has 1 N–H and O–H groups in total. The van der Waals surface area contributed by atoms with E-state index in [9.17, 15) is 9.59 Å². The Labute approximate surface area is 110 Å². The molecule has 0 aromatic heterocycles. The number of piperidine rings is 1. The first kappa shape index (κ1) is 11.7. The average Bonchev–Trinajstić information content (AvgIpc) is 2.74. The van der Waals surface area contributed by atoms with Gasteiger partial charge in [0.2, 0.25) is 11.8 Å². The Morgan fingerprint density at radius 2 is 2.11 bits per heavy atom. The fourth-order valence-corrected chi connectivity index (χ4v) is 2.91. The first-order valence-corrected chi connectivity index (χ1v) is 6.37. The van der Waals surface area contributed by atoms with Gasteiger partial charge in [0.15, 0.2) is 0 Å². The number of hydrogen-bond acceptors (Lipinski definition) is 3. The van der Waals surface area contributed by atoms with Crippen LogP contribution in [0.3, 0.4) is 0 Å². The normalized spacial score (nSPS) is 23.9. The summed E-state index contributed by atoms with van der Waals surface area (Å²) in [6.45, 7) is 1.41. The number of imide groups is 1. The number of hydrogen-bond donors (Lipinski definition) is 1. The van der Waals surface area contributed by atoms with Gasteiger partial charge in [-0.15, -0.1) is 0 Å². The van der Waals surface area contributed by atoms with Gasteiger partial charge in [-0.1, -0.05) is 23.7 Å². The monoisotopic (exact) mass is 264 g/mol. The topological polar surface area (TPSA) is 49.4 Å². The van der Waals surface area contributed by atoms with Crippen LogP contribution < -0.4 is 5.32 Å². The van der Waals surface area contributed by atoms with E-state index in [1.807, 2.05) is 18.2 Å². The predicted molar refractivity (Wildman–Crippen MR) is 66.9 cm³/mol. The summed E-state index contributed by atoms with van der Waals surface area (Å²) in [5.41, 5.74) is 2.27. The second-order valence-corrected chi connectivity index (χ2v) is 5.16. The Morgan fingerprint density at radius 3 is 2.83 bits per heavy atom. The third-order valence-corrected chi connectivity index (χ3v) is 3.96. The molecular formula is C13H13ClN2O2. The molecule has 0 spiro atoms. The van der Waals surface area contributed by atoms with Gasteiger partial charge < -0.3 is 0 Å². The molecule has 18 heavy (non-hydrogen) atoms. The highest BCUT2D eigenvalue weighted by atomic mass is 35.5. The third kappa shape index (κ3) is 1.91. The number of fused-ring (bicyclic) bond motifs is 1. The summed E-state index contributed by atoms with van der Waals surface area (Å²) in [4.78, 5) is 25.0. The highest BCUT2D eigenvalue weighted by Gasteiger charge is 2.35. The van der Waals surface area contributed by atoms with Crippen molar-refractivity contribution in [3.05, 3.63) is 34.3 Å². The zero-order valence-corrected chi connectivity index (χ0v) is 10.5. The van der Waals surface area contributed by atoms with Gasteiger partial charge in [0.1, 0.15) is 0 Å². The molecule has 1 atom stereocenters. The molecule has 4 nitrogen and oxygen atoms in total. The van der Waals surface area contributed by atoms with E-state index in [0.717, 1.165) is 17.1 Å². The minimum Gasteiger partial charge on any atom is -0.295 e. The van der Waals surface area contributed by atoms with E-state index in [0.29, 0.717) is 19.4 Å². The molecule has 3 rings (SSSR count). The first-order valence-electron chi connectivity index (χ1n) is 5.99. The smallest absolute Gasteiger partial charge is 0.243 e. The summed E-state index contributed by atoms with van der Waals surface area (Å²) >= 11 is 6.15. The molecule has 2 heterocycles. The summed E-state index contributed by atoms with van der Waals surface area (Å²) in [6.07, 6.45) is 1.01. The van der Waals surface area contributed by atoms with E-state index in [1.165, 1.54) is 5.56 Å². The fraction of sp³-hybridized carbons (Fsp3) is 0.385. The van der Waals surface area contributed by atoms with E-state index < -0.39 is 0 Å². The van der Waals surface area contributed by atoms with Crippen LogP contribution in [0.1, 0.15) is 24.0 Å². The Kier molecular flexibility index (Phi) is 2.84. The third-order valence-electron chi connectivity index (χ3n) is 3.60. The van der Waals surface area contributed by atoms with Crippen LogP contribution in [0, 0.1) is 0 Å². The molecule has 2 amide bonds. The maximum absolute atomic E-state index is 11.8. The van der Waals surface area contributed by atoms with E-state index >= 15 is 0 Å². The van der Waals surface area contributed by atoms with Crippen molar-refractivity contribution in [2.45, 2.75) is 32.0 Å². The fourth-order valence-electron chi connectivity index (χ4n) is 2.66. The molecule has 0 aliphatic carbocycles. The lowest BCUT2D eigenvalue weighted by atomic mass is 10.0. The maximum atomic E-state index is 11.8. The lowest BCUT2D eigenvalue weighted by molar-refractivity contribution is -0.137. The number of amides is 2. The lowest BCUT2D eigenvalue weighted by Crippen LogP contribution is -2.50. The van der Waals surface area contributed by atoms with Crippen molar-refractivity contribution in [3.63, 3.8) is 0 Å². The molecule has 2 aliphatic rings. The van der Waals surface area contributed by atoms with Crippen LogP contribution in [0.5, 0.6) is 0 Å². The average molecular weight is 265 g/mol. The Hall–Kier alpha value is -1.39. The molecule has 0 bridgehead atoms. The Morgan fingerprint density at radius 1 is 1.28 bits per heavy atom. The van der Waals surface area contributed by atoms with Gasteiger partial charge in [-0.2, -0.15) is 0 Å². The number of nitrogens with zero attached hydrogens (tertiary/aromatic N) is 1. The van der Waals surface area contributed by atoms with Crippen molar-refractivity contribution in [2.24, 2.45) is 0 Å². The van der Waals surface area contributed by atoms with Gasteiger partial charge in [0.25, 0.3) is 0 Å². The number of carbonyl (C=O) groups excluding carboxylic acids is 2. The summed E-state index contributed by atoms with van der Waals surface area (Å²) in [5.74, 6) is -0.360. The van der Waals surface area contributed by atoms with Crippen LogP contribution in [0.25, 0.3) is 0 Å². The van der Waals surface area contributed by atoms with Crippen LogP contribution in [0.4, 0.5) is 0 Å². The van der Waals surface area contributed by atoms with Crippen LogP contribution in [0.15, 0.2) is 18.2 Å². The molecule has 2 aliphatic heterocycles. The highest BCUT2D eigenvalue weighted by molar-refractivity contribution is 6.31. The van der Waals surface area contributed by atoms with E-state index in [2.05, 4.69) is 10.2 Å². The van der Waals surface area contributed by atoms with Crippen molar-refractivity contribution in [1.29, 1.82) is 0 Å². The molecular weight excluding hydrogens is 252 g/mol. The molecule has 0 radical (unpaired) electrons. The standard InChI is InChI=1S/C13H13ClN2O2/c14-10-3-1-2-8-6-16(7-9(8)10)11-4-5-12(17)15-13(11)18/h1-3,11H,4-7H2,(H,15,17,18). The van der Waals surface area contributed by atoms with Crippen LogP contribution >= 0.6 is 11.6 Å². The molecule has 5 heteroatoms. The van der Waals surface area contributed by atoms with Gasteiger partial charge in [0, 0.05) is 24.5 Å². The molecule has 0 saturated carbocycles. The highest BCUT2D eigenvalue weighted by Crippen LogP contribution is 2.31. The van der Waals surface area contributed by atoms with Crippen molar-refractivity contribution < 1.29 is 9.59 Å². The predicted octanol–water partition coefficient (Wildman–Crippen LogP) is 1.46. The lowest BCUT2D eigenvalue weighted by Gasteiger charge is -2.29. The minimum absolute atomic E-state index is 0.175. The second-order valence-electron chi connectivity index (χ2n) is 4.75. The number of halogens is 1. The summed E-state index contributed by atoms with van der Waals surface area (Å²) in [6, 6.07) is 5.61. The quantitative estimate of drug-likeness (QED) is 0.782. The summed E-state index contributed by atoms with van der Waals surface area (Å²) in [7, 11) is 0. The zero-order chi connectivity index (χ0) is 12.7. The van der Waals surface area contributed by atoms with E-state index in [-0.39, 0.29) is 17.9 Å². The van der Waals surface area contributed by atoms with Crippen molar-refractivity contribution >= 4 is 23.4 Å². The van der Waals surface area contributed by atoms with E-state index in [1.54, 1.807) is 0 Å². The van der Waals surface area contributed by atoms with Gasteiger partial charge in [0.05, 0.1) is 6.04 Å². The Bertz CT molecular complexity index is 530. The van der Waals surface area contributed by atoms with Gasteiger partial charge in [-0.3, -0.25) is 19.8 Å². The van der Waals surface area contributed by atoms with Gasteiger partial charge >= 0.3 is 0 Å². The van der Waals surface area contributed by atoms with Crippen LogP contribution in [0.2, 0.25) is 5.02 Å². The zero-order valence-electron chi connectivity index (χ0n) is 9.78. The number of nitrogens with one attached hydrogen (secondary N) is 1. The largest absolute Gasteiger partial charge is 0.295 e. The molecule has 94 valence electrons. The second kappa shape index (κ2) is 4.37. The maximum Gasteiger partial charge on any atom is 0.243 e. The Balaban J connectivity index is 1.80. The van der Waals surface area contributed by atoms with Crippen LogP contribution in [-0.2, 0) is 22.7 Å². The first-order chi connectivity index (χ1) is 8.65. The van der Waals surface area contributed by atoms with Crippen molar-refractivity contribution in [1.82, 2.24) is 10.2 Å². The number of rotatable bonds is 1. The number of benzene rings is 1. The van der Waals surface area contributed by atoms with Gasteiger partial charge in [-0.05, 0) is 23.6 Å². The van der Waals surface area contributed by atoms with E-state index in [4.69, 9.17) is 11.6 Å². The molecule has 1 aromatic carbocycles. The SMILES string of the molecule is O=C1CCC(N2Cc3cccc(Cl)c3C2)C(=O)N1. The summed E-state index contributed by atoms with van der Waals surface area (Å²) in [5, 5.41) is 3.15. The summed E-state index contributed by atoms with van der Waals surface area (Å²) < 4.78 is 0. The number of carbonyl (C=O) groups is 2. The molecule has 1 fully saturated rings. The van der Waals surface area contributed by atoms with Crippen molar-refractivity contribution in [2.75, 3.05) is 0 Å². The molecule has 1 aromatic rings. The van der Waals surface area contributed by atoms with Crippen molar-refractivity contribution in [3.8, 4) is 0 Å². The van der Waals surface area contributed by atoms with Gasteiger partial charge in [-0.25, -0.2) is 0 Å².